The molecule has 7 heteroatoms. The Morgan fingerprint density at radius 2 is 2.38 bits per heavy atom. The minimum atomic E-state index is 0. The number of nitrogens with one attached hydrogen (secondary N) is 1. The molecule has 0 bridgehead atoms. The van der Waals surface area contributed by atoms with Crippen LogP contribution in [-0.4, -0.2) is 16.9 Å². The van der Waals surface area contributed by atoms with E-state index in [1.54, 1.807) is 17.6 Å². The largest absolute Gasteiger partial charge is 0.443 e. The van der Waals surface area contributed by atoms with Crippen molar-refractivity contribution in [3.8, 4) is 10.8 Å². The average molecular weight is 328 g/mol. The van der Waals surface area contributed by atoms with E-state index in [-0.39, 0.29) is 30.3 Å². The molecule has 2 aromatic heterocycles. The van der Waals surface area contributed by atoms with E-state index in [2.05, 4.69) is 10.3 Å². The molecule has 0 aromatic carbocycles. The predicted molar refractivity (Wildman–Crippen MR) is 84.2 cm³/mol. The number of carbonyl (C=O) groups excluding carboxylic acids is 1. The van der Waals surface area contributed by atoms with Gasteiger partial charge in [-0.2, -0.15) is 0 Å². The monoisotopic (exact) mass is 327 g/mol. The number of rotatable bonds is 4. The molecule has 0 spiro atoms. The third-order valence-electron chi connectivity index (χ3n) is 3.57. The summed E-state index contributed by atoms with van der Waals surface area (Å²) >= 11 is 1.58. The van der Waals surface area contributed by atoms with E-state index in [9.17, 15) is 4.79 Å². The number of nitrogens with zero attached hydrogens (tertiary/aromatic N) is 1. The van der Waals surface area contributed by atoms with Gasteiger partial charge in [0.15, 0.2) is 0 Å². The van der Waals surface area contributed by atoms with Crippen LogP contribution in [0.2, 0.25) is 0 Å². The van der Waals surface area contributed by atoms with Crippen LogP contribution in [-0.2, 0) is 11.3 Å². The Morgan fingerprint density at radius 1 is 1.52 bits per heavy atom. The number of thiophene rings is 1. The number of halogens is 1. The van der Waals surface area contributed by atoms with E-state index in [0.717, 1.165) is 29.8 Å². The zero-order chi connectivity index (χ0) is 13.9. The number of amides is 1. The Balaban J connectivity index is 0.00000161. The van der Waals surface area contributed by atoms with Gasteiger partial charge in [-0.1, -0.05) is 6.07 Å². The zero-order valence-electron chi connectivity index (χ0n) is 11.5. The first-order valence-electron chi connectivity index (χ1n) is 6.74. The van der Waals surface area contributed by atoms with E-state index < -0.39 is 0 Å². The Kier molecular flexibility index (Phi) is 5.39. The van der Waals surface area contributed by atoms with Gasteiger partial charge < -0.3 is 15.5 Å². The van der Waals surface area contributed by atoms with Crippen LogP contribution in [0, 0.1) is 5.92 Å². The summed E-state index contributed by atoms with van der Waals surface area (Å²) < 4.78 is 5.41. The summed E-state index contributed by atoms with van der Waals surface area (Å²) in [4.78, 5) is 17.3. The number of oxazole rings is 1. The van der Waals surface area contributed by atoms with E-state index in [1.807, 2.05) is 17.5 Å². The lowest BCUT2D eigenvalue weighted by Crippen LogP contribution is -2.30. The van der Waals surface area contributed by atoms with Crippen molar-refractivity contribution in [1.82, 2.24) is 10.3 Å². The summed E-state index contributed by atoms with van der Waals surface area (Å²) in [5, 5.41) is 4.88. The molecule has 2 aromatic rings. The molecule has 1 fully saturated rings. The number of hydrogen-bond acceptors (Lipinski definition) is 5. The minimum absolute atomic E-state index is 0. The fraction of sp³-hybridized carbons (Fsp3) is 0.429. The maximum Gasteiger partial charge on any atom is 0.236 e. The molecule has 1 saturated carbocycles. The molecule has 0 radical (unpaired) electrons. The maximum atomic E-state index is 12.0. The molecule has 1 aliphatic carbocycles. The van der Waals surface area contributed by atoms with Crippen molar-refractivity contribution in [3.05, 3.63) is 29.5 Å². The molecule has 1 amide bonds. The highest BCUT2D eigenvalue weighted by molar-refractivity contribution is 7.13. The van der Waals surface area contributed by atoms with Crippen molar-refractivity contribution in [2.24, 2.45) is 11.7 Å². The number of hydrogen-bond donors (Lipinski definition) is 2. The van der Waals surface area contributed by atoms with Crippen molar-refractivity contribution >= 4 is 29.7 Å². The van der Waals surface area contributed by atoms with Crippen molar-refractivity contribution < 1.29 is 9.21 Å². The molecule has 2 unspecified atom stereocenters. The summed E-state index contributed by atoms with van der Waals surface area (Å²) in [5.74, 6) is 0.722. The molecular formula is C14H18ClN3O2S. The lowest BCUT2D eigenvalue weighted by atomic mass is 10.1. The van der Waals surface area contributed by atoms with Gasteiger partial charge in [0.2, 0.25) is 11.8 Å². The van der Waals surface area contributed by atoms with Crippen molar-refractivity contribution in [3.63, 3.8) is 0 Å². The van der Waals surface area contributed by atoms with Crippen molar-refractivity contribution in [2.45, 2.75) is 31.8 Å². The quantitative estimate of drug-likeness (QED) is 0.904. The lowest BCUT2D eigenvalue weighted by molar-refractivity contribution is -0.125. The van der Waals surface area contributed by atoms with E-state index in [4.69, 9.17) is 10.2 Å². The fourth-order valence-electron chi connectivity index (χ4n) is 2.48. The fourth-order valence-corrected chi connectivity index (χ4v) is 3.13. The molecule has 1 aliphatic rings. The molecule has 114 valence electrons. The standard InChI is InChI=1S/C14H17N3O2S.ClH/c15-10-4-3-9(6-10)13(18)16-7-11-8-19-14(17-11)12-2-1-5-20-12;/h1-2,5,8-10H,3-4,6-7,15H2,(H,16,18);1H. The van der Waals surface area contributed by atoms with Crippen LogP contribution in [0.5, 0.6) is 0 Å². The van der Waals surface area contributed by atoms with Gasteiger partial charge in [0, 0.05) is 12.0 Å². The van der Waals surface area contributed by atoms with Crippen LogP contribution in [0.4, 0.5) is 0 Å². The highest BCUT2D eigenvalue weighted by Gasteiger charge is 2.27. The van der Waals surface area contributed by atoms with Crippen LogP contribution < -0.4 is 11.1 Å². The van der Waals surface area contributed by atoms with Gasteiger partial charge in [-0.15, -0.1) is 23.7 Å². The summed E-state index contributed by atoms with van der Waals surface area (Å²) in [5.41, 5.74) is 6.56. The molecule has 2 heterocycles. The van der Waals surface area contributed by atoms with E-state index in [0.29, 0.717) is 12.4 Å². The van der Waals surface area contributed by atoms with Gasteiger partial charge in [-0.3, -0.25) is 4.79 Å². The Labute approximate surface area is 133 Å². The van der Waals surface area contributed by atoms with Crippen LogP contribution in [0.3, 0.4) is 0 Å². The van der Waals surface area contributed by atoms with Crippen molar-refractivity contribution in [2.75, 3.05) is 0 Å². The first kappa shape index (κ1) is 16.0. The normalized spacial score (nSPS) is 21.0. The molecule has 2 atom stereocenters. The van der Waals surface area contributed by atoms with Crippen molar-refractivity contribution in [1.29, 1.82) is 0 Å². The summed E-state index contributed by atoms with van der Waals surface area (Å²) in [6.07, 6.45) is 4.19. The second-order valence-electron chi connectivity index (χ2n) is 5.11. The third kappa shape index (κ3) is 3.84. The number of nitrogens with two attached hydrogens (primary N) is 1. The lowest BCUT2D eigenvalue weighted by Gasteiger charge is -2.09. The summed E-state index contributed by atoms with van der Waals surface area (Å²) in [6, 6.07) is 4.08. The second kappa shape index (κ2) is 7.06. The van der Waals surface area contributed by atoms with E-state index in [1.165, 1.54) is 0 Å². The highest BCUT2D eigenvalue weighted by atomic mass is 35.5. The topological polar surface area (TPSA) is 81.2 Å². The predicted octanol–water partition coefficient (Wildman–Crippen LogP) is 2.57. The Hall–Kier alpha value is -1.37. The van der Waals surface area contributed by atoms with Gasteiger partial charge in [0.05, 0.1) is 17.1 Å². The summed E-state index contributed by atoms with van der Waals surface area (Å²) in [6.45, 7) is 0.402. The summed E-state index contributed by atoms with van der Waals surface area (Å²) in [7, 11) is 0. The molecule has 0 aliphatic heterocycles. The van der Waals surface area contributed by atoms with Gasteiger partial charge in [-0.25, -0.2) is 4.98 Å². The van der Waals surface area contributed by atoms with Crippen LogP contribution in [0.25, 0.3) is 10.8 Å². The van der Waals surface area contributed by atoms with E-state index >= 15 is 0 Å². The van der Waals surface area contributed by atoms with Crippen LogP contribution in [0.1, 0.15) is 25.0 Å². The smallest absolute Gasteiger partial charge is 0.236 e. The van der Waals surface area contributed by atoms with Gasteiger partial charge in [-0.05, 0) is 30.7 Å². The molecule has 0 saturated heterocycles. The van der Waals surface area contributed by atoms with Crippen LogP contribution in [0.15, 0.2) is 28.2 Å². The van der Waals surface area contributed by atoms with Crippen LogP contribution >= 0.6 is 23.7 Å². The highest BCUT2D eigenvalue weighted by Crippen LogP contribution is 2.25. The minimum Gasteiger partial charge on any atom is -0.443 e. The molecular weight excluding hydrogens is 310 g/mol. The second-order valence-corrected chi connectivity index (χ2v) is 6.06. The maximum absolute atomic E-state index is 12.0. The van der Waals surface area contributed by atoms with Gasteiger partial charge in [0.1, 0.15) is 6.26 Å². The molecule has 3 rings (SSSR count). The average Bonchev–Trinajstić information content (AvgIpc) is 3.16. The molecule has 3 N–H and O–H groups in total. The van der Waals surface area contributed by atoms with Gasteiger partial charge in [0.25, 0.3) is 0 Å². The third-order valence-corrected chi connectivity index (χ3v) is 4.43. The Morgan fingerprint density at radius 3 is 3.05 bits per heavy atom. The number of carbonyl (C=O) groups is 1. The van der Waals surface area contributed by atoms with Gasteiger partial charge >= 0.3 is 0 Å². The first-order valence-corrected chi connectivity index (χ1v) is 7.62. The first-order chi connectivity index (χ1) is 9.72. The Bertz CT molecular complexity index is 585. The number of aromatic nitrogens is 1. The zero-order valence-corrected chi connectivity index (χ0v) is 13.1. The SMILES string of the molecule is Cl.NC1CCC(C(=O)NCc2coc(-c3cccs3)n2)C1. The molecule has 5 nitrogen and oxygen atoms in total. The molecule has 21 heavy (non-hydrogen) atoms.